The van der Waals surface area contributed by atoms with Crippen molar-refractivity contribution >= 4 is 17.8 Å². The molecule has 0 aliphatic carbocycles. The van der Waals surface area contributed by atoms with Gasteiger partial charge in [0.15, 0.2) is 5.69 Å². The van der Waals surface area contributed by atoms with E-state index in [9.17, 15) is 9.59 Å². The fourth-order valence-electron chi connectivity index (χ4n) is 1.91. The lowest BCUT2D eigenvalue weighted by molar-refractivity contribution is -0.142. The van der Waals surface area contributed by atoms with Crippen molar-refractivity contribution < 1.29 is 19.4 Å². The van der Waals surface area contributed by atoms with Crippen molar-refractivity contribution in [1.29, 1.82) is 0 Å². The first-order chi connectivity index (χ1) is 8.96. The predicted octanol–water partition coefficient (Wildman–Crippen LogP) is -0.745. The van der Waals surface area contributed by atoms with Crippen molar-refractivity contribution in [2.75, 3.05) is 25.1 Å². The maximum absolute atomic E-state index is 11.4. The average molecular weight is 266 g/mol. The van der Waals surface area contributed by atoms with Gasteiger partial charge in [0, 0.05) is 13.1 Å². The number of hydrogen-bond donors (Lipinski definition) is 2. The number of aromatic nitrogens is 2. The Morgan fingerprint density at radius 2 is 2.26 bits per heavy atom. The summed E-state index contributed by atoms with van der Waals surface area (Å²) < 4.78 is 4.55. The standard InChI is InChI=1S/C11H14N4O4/c1-19-9(16)7-4-13-5-8(14-7)15-3-2-11(12,6-15)10(17)18/h4-5H,2-3,6,12H2,1H3,(H,17,18). The number of anilines is 1. The highest BCUT2D eigenvalue weighted by Crippen LogP contribution is 2.23. The maximum atomic E-state index is 11.4. The summed E-state index contributed by atoms with van der Waals surface area (Å²) in [5.74, 6) is -1.23. The highest BCUT2D eigenvalue weighted by molar-refractivity contribution is 5.87. The van der Waals surface area contributed by atoms with Crippen LogP contribution in [0.4, 0.5) is 5.82 Å². The number of hydrogen-bond acceptors (Lipinski definition) is 7. The lowest BCUT2D eigenvalue weighted by atomic mass is 10.0. The van der Waals surface area contributed by atoms with Crippen molar-refractivity contribution in [2.45, 2.75) is 12.0 Å². The molecular formula is C11H14N4O4. The molecule has 1 saturated heterocycles. The van der Waals surface area contributed by atoms with E-state index in [0.29, 0.717) is 18.8 Å². The van der Waals surface area contributed by atoms with E-state index in [-0.39, 0.29) is 12.2 Å². The number of nitrogens with zero attached hydrogens (tertiary/aromatic N) is 3. The molecule has 2 rings (SSSR count). The number of esters is 1. The van der Waals surface area contributed by atoms with Gasteiger partial charge in [-0.2, -0.15) is 0 Å². The van der Waals surface area contributed by atoms with Gasteiger partial charge < -0.3 is 20.5 Å². The summed E-state index contributed by atoms with van der Waals surface area (Å²) in [5.41, 5.74) is 4.56. The summed E-state index contributed by atoms with van der Waals surface area (Å²) in [6.07, 6.45) is 3.06. The van der Waals surface area contributed by atoms with Crippen LogP contribution < -0.4 is 10.6 Å². The Kier molecular flexibility index (Phi) is 3.34. The van der Waals surface area contributed by atoms with E-state index in [2.05, 4.69) is 14.7 Å². The molecule has 1 aromatic heterocycles. The number of carbonyl (C=O) groups is 2. The van der Waals surface area contributed by atoms with E-state index in [0.717, 1.165) is 0 Å². The van der Waals surface area contributed by atoms with Crippen molar-refractivity contribution in [1.82, 2.24) is 9.97 Å². The molecule has 1 atom stereocenters. The summed E-state index contributed by atoms with van der Waals surface area (Å²) in [7, 11) is 1.25. The highest BCUT2D eigenvalue weighted by Gasteiger charge is 2.41. The van der Waals surface area contributed by atoms with Gasteiger partial charge in [-0.25, -0.2) is 9.78 Å². The summed E-state index contributed by atoms with van der Waals surface area (Å²) in [6.45, 7) is 0.573. The second-order valence-corrected chi connectivity index (χ2v) is 4.39. The van der Waals surface area contributed by atoms with Crippen LogP contribution in [0, 0.1) is 0 Å². The Hall–Kier alpha value is -2.22. The van der Waals surface area contributed by atoms with Crippen LogP contribution in [0.2, 0.25) is 0 Å². The normalized spacial score (nSPS) is 22.3. The van der Waals surface area contributed by atoms with E-state index >= 15 is 0 Å². The molecule has 8 nitrogen and oxygen atoms in total. The van der Waals surface area contributed by atoms with Gasteiger partial charge in [-0.05, 0) is 6.42 Å². The molecule has 2 heterocycles. The molecule has 0 amide bonds. The van der Waals surface area contributed by atoms with Gasteiger partial charge in [0.2, 0.25) is 0 Å². The lowest BCUT2D eigenvalue weighted by Crippen LogP contribution is -2.50. The minimum atomic E-state index is -1.29. The number of aliphatic carboxylic acids is 1. The zero-order chi connectivity index (χ0) is 14.0. The number of carbonyl (C=O) groups excluding carboxylic acids is 1. The molecule has 0 spiro atoms. The average Bonchev–Trinajstić information content (AvgIpc) is 2.82. The molecule has 3 N–H and O–H groups in total. The molecule has 8 heteroatoms. The molecule has 19 heavy (non-hydrogen) atoms. The van der Waals surface area contributed by atoms with Crippen molar-refractivity contribution in [3.63, 3.8) is 0 Å². The van der Waals surface area contributed by atoms with E-state index in [1.807, 2.05) is 0 Å². The summed E-state index contributed by atoms with van der Waals surface area (Å²) in [4.78, 5) is 32.1. The molecular weight excluding hydrogens is 252 g/mol. The molecule has 0 aromatic carbocycles. The van der Waals surface area contributed by atoms with Crippen LogP contribution in [0.1, 0.15) is 16.9 Å². The Balaban J connectivity index is 2.20. The SMILES string of the molecule is COC(=O)c1cncc(N2CCC(N)(C(=O)O)C2)n1. The Bertz CT molecular complexity index is 521. The molecule has 1 fully saturated rings. The first kappa shape index (κ1) is 13.2. The van der Waals surface area contributed by atoms with E-state index < -0.39 is 17.5 Å². The van der Waals surface area contributed by atoms with Crippen molar-refractivity contribution in [2.24, 2.45) is 5.73 Å². The molecule has 1 unspecified atom stereocenters. The van der Waals surface area contributed by atoms with Gasteiger partial charge in [0.05, 0.1) is 19.5 Å². The summed E-state index contributed by atoms with van der Waals surface area (Å²) in [5, 5.41) is 9.06. The van der Waals surface area contributed by atoms with E-state index in [1.54, 1.807) is 4.90 Å². The number of carboxylic acids is 1. The first-order valence-electron chi connectivity index (χ1n) is 5.64. The minimum absolute atomic E-state index is 0.0739. The minimum Gasteiger partial charge on any atom is -0.480 e. The third-order valence-electron chi connectivity index (χ3n) is 3.07. The molecule has 102 valence electrons. The molecule has 0 radical (unpaired) electrons. The fraction of sp³-hybridized carbons (Fsp3) is 0.455. The molecule has 0 saturated carbocycles. The van der Waals surface area contributed by atoms with Crippen LogP contribution in [0.3, 0.4) is 0 Å². The highest BCUT2D eigenvalue weighted by atomic mass is 16.5. The fourth-order valence-corrected chi connectivity index (χ4v) is 1.91. The van der Waals surface area contributed by atoms with Crippen molar-refractivity contribution in [3.8, 4) is 0 Å². The van der Waals surface area contributed by atoms with E-state index in [1.165, 1.54) is 19.5 Å². The molecule has 1 aromatic rings. The number of nitrogens with two attached hydrogens (primary N) is 1. The van der Waals surface area contributed by atoms with Crippen LogP contribution in [0.5, 0.6) is 0 Å². The Morgan fingerprint density at radius 1 is 1.53 bits per heavy atom. The van der Waals surface area contributed by atoms with Crippen LogP contribution >= 0.6 is 0 Å². The van der Waals surface area contributed by atoms with Gasteiger partial charge in [0.25, 0.3) is 0 Å². The summed E-state index contributed by atoms with van der Waals surface area (Å²) >= 11 is 0. The van der Waals surface area contributed by atoms with Crippen LogP contribution in [-0.2, 0) is 9.53 Å². The Morgan fingerprint density at radius 3 is 2.84 bits per heavy atom. The van der Waals surface area contributed by atoms with Gasteiger partial charge in [0.1, 0.15) is 11.4 Å². The first-order valence-corrected chi connectivity index (χ1v) is 5.64. The van der Waals surface area contributed by atoms with Crippen LogP contribution in [-0.4, -0.2) is 52.8 Å². The van der Waals surface area contributed by atoms with Gasteiger partial charge in [-0.1, -0.05) is 0 Å². The number of methoxy groups -OCH3 is 1. The zero-order valence-corrected chi connectivity index (χ0v) is 10.4. The zero-order valence-electron chi connectivity index (χ0n) is 10.4. The number of rotatable bonds is 3. The molecule has 1 aliphatic heterocycles. The quantitative estimate of drug-likeness (QED) is 0.686. The van der Waals surface area contributed by atoms with Crippen molar-refractivity contribution in [3.05, 3.63) is 18.1 Å². The van der Waals surface area contributed by atoms with Gasteiger partial charge >= 0.3 is 11.9 Å². The van der Waals surface area contributed by atoms with Crippen LogP contribution in [0.15, 0.2) is 12.4 Å². The Labute approximate surface area is 109 Å². The molecule has 1 aliphatic rings. The largest absolute Gasteiger partial charge is 0.480 e. The maximum Gasteiger partial charge on any atom is 0.358 e. The number of carboxylic acid groups (broad SMARTS) is 1. The second kappa shape index (κ2) is 4.81. The summed E-state index contributed by atoms with van der Waals surface area (Å²) in [6, 6.07) is 0. The molecule has 0 bridgehead atoms. The smallest absolute Gasteiger partial charge is 0.358 e. The van der Waals surface area contributed by atoms with Crippen LogP contribution in [0.25, 0.3) is 0 Å². The lowest BCUT2D eigenvalue weighted by Gasteiger charge is -2.20. The topological polar surface area (TPSA) is 119 Å². The van der Waals surface area contributed by atoms with E-state index in [4.69, 9.17) is 10.8 Å². The second-order valence-electron chi connectivity index (χ2n) is 4.39. The van der Waals surface area contributed by atoms with Gasteiger partial charge in [-0.15, -0.1) is 0 Å². The predicted molar refractivity (Wildman–Crippen MR) is 64.8 cm³/mol. The third kappa shape index (κ3) is 2.48. The third-order valence-corrected chi connectivity index (χ3v) is 3.07. The monoisotopic (exact) mass is 266 g/mol. The van der Waals surface area contributed by atoms with Gasteiger partial charge in [-0.3, -0.25) is 9.78 Å². The number of ether oxygens (including phenoxy) is 1.